The van der Waals surface area contributed by atoms with E-state index in [0.717, 1.165) is 29.5 Å². The molecule has 1 atom stereocenters. The molecule has 0 amide bonds. The Morgan fingerprint density at radius 2 is 2.17 bits per heavy atom. The molecule has 1 aromatic carbocycles. The van der Waals surface area contributed by atoms with Crippen LogP contribution in [0.4, 0.5) is 0 Å². The molecule has 2 aromatic heterocycles. The van der Waals surface area contributed by atoms with Crippen LogP contribution in [0, 0.1) is 0 Å². The van der Waals surface area contributed by atoms with Crippen LogP contribution in [0.1, 0.15) is 19.8 Å². The van der Waals surface area contributed by atoms with E-state index in [-0.39, 0.29) is 0 Å². The predicted molar refractivity (Wildman–Crippen MR) is 89.4 cm³/mol. The molecular weight excluding hydrogens is 312 g/mol. The molecule has 6 nitrogen and oxygen atoms in total. The first-order valence-electron chi connectivity index (χ1n) is 7.47. The maximum Gasteiger partial charge on any atom is 0.220 e. The van der Waals surface area contributed by atoms with Gasteiger partial charge < -0.3 is 4.74 Å². The predicted octanol–water partition coefficient (Wildman–Crippen LogP) is 2.73. The molecule has 3 rings (SSSR count). The lowest BCUT2D eigenvalue weighted by atomic mass is 10.2. The van der Waals surface area contributed by atoms with E-state index in [2.05, 4.69) is 22.0 Å². The lowest BCUT2D eigenvalue weighted by Crippen LogP contribution is -2.04. The lowest BCUT2D eigenvalue weighted by molar-refractivity contribution is 0.313. The Morgan fingerprint density at radius 3 is 2.96 bits per heavy atom. The van der Waals surface area contributed by atoms with E-state index in [1.807, 2.05) is 18.2 Å². The number of ether oxygens (including phenoxy) is 1. The van der Waals surface area contributed by atoms with Crippen molar-refractivity contribution >= 4 is 21.7 Å². The van der Waals surface area contributed by atoms with Crippen LogP contribution in [0.15, 0.2) is 41.8 Å². The fraction of sp³-hybridized carbons (Fsp3) is 0.312. The molecule has 0 bridgehead atoms. The van der Waals surface area contributed by atoms with Crippen LogP contribution < -0.4 is 4.74 Å². The van der Waals surface area contributed by atoms with Crippen molar-refractivity contribution in [1.82, 2.24) is 19.7 Å². The van der Waals surface area contributed by atoms with Gasteiger partial charge in [-0.2, -0.15) is 5.10 Å². The zero-order chi connectivity index (χ0) is 16.2. The maximum absolute atomic E-state index is 11.6. The number of rotatable bonds is 6. The highest BCUT2D eigenvalue weighted by Gasteiger charge is 2.11. The third-order valence-corrected chi connectivity index (χ3v) is 4.13. The van der Waals surface area contributed by atoms with Crippen molar-refractivity contribution in [3.05, 3.63) is 36.7 Å². The largest absolute Gasteiger partial charge is 0.493 e. The highest BCUT2D eigenvalue weighted by molar-refractivity contribution is 7.84. The van der Waals surface area contributed by atoms with Crippen molar-refractivity contribution in [1.29, 1.82) is 0 Å². The molecule has 0 aliphatic heterocycles. The molecule has 0 aliphatic carbocycles. The van der Waals surface area contributed by atoms with Gasteiger partial charge in [-0.15, -0.1) is 0 Å². The fourth-order valence-corrected chi connectivity index (χ4v) is 2.68. The second kappa shape index (κ2) is 6.87. The number of nitrogens with zero attached hydrogens (tertiary/aromatic N) is 4. The van der Waals surface area contributed by atoms with Crippen molar-refractivity contribution in [2.45, 2.75) is 24.9 Å². The first kappa shape index (κ1) is 15.6. The Balaban J connectivity index is 2.01. The minimum absolute atomic E-state index is 0.293. The Kier molecular flexibility index (Phi) is 4.66. The molecule has 3 aromatic rings. The molecule has 0 N–H and O–H groups in total. The van der Waals surface area contributed by atoms with E-state index in [1.54, 1.807) is 29.4 Å². The van der Waals surface area contributed by atoms with Crippen molar-refractivity contribution in [2.24, 2.45) is 0 Å². The summed E-state index contributed by atoms with van der Waals surface area (Å²) in [6, 6.07) is 7.57. The Morgan fingerprint density at radius 1 is 1.30 bits per heavy atom. The molecule has 1 unspecified atom stereocenters. The van der Waals surface area contributed by atoms with E-state index >= 15 is 0 Å². The molecule has 0 saturated heterocycles. The van der Waals surface area contributed by atoms with Gasteiger partial charge in [0.25, 0.3) is 0 Å². The van der Waals surface area contributed by atoms with Crippen LogP contribution in [-0.4, -0.2) is 36.8 Å². The summed E-state index contributed by atoms with van der Waals surface area (Å²) in [5.41, 5.74) is 0.894. The number of aromatic nitrogens is 4. The van der Waals surface area contributed by atoms with Crippen LogP contribution in [0.25, 0.3) is 16.7 Å². The van der Waals surface area contributed by atoms with Crippen LogP contribution in [0.2, 0.25) is 0 Å². The number of hydrogen-bond acceptors (Lipinski definition) is 5. The van der Waals surface area contributed by atoms with E-state index in [4.69, 9.17) is 4.74 Å². The van der Waals surface area contributed by atoms with Crippen molar-refractivity contribution in [2.75, 3.05) is 12.9 Å². The standard InChI is InChI=1S/C16H18N4O2S/c1-3-4-10-22-14-7-5-6-13-12(14)11-18-20(13)15-8-9-17-16(19-15)23(2)21/h5-9,11H,3-4,10H2,1-2H3. The van der Waals surface area contributed by atoms with Crippen LogP contribution in [0.3, 0.4) is 0 Å². The average molecular weight is 330 g/mol. The summed E-state index contributed by atoms with van der Waals surface area (Å²) < 4.78 is 19.1. The molecule has 7 heteroatoms. The molecule has 0 aliphatic rings. The van der Waals surface area contributed by atoms with Crippen molar-refractivity contribution < 1.29 is 8.95 Å². The molecule has 0 fully saturated rings. The van der Waals surface area contributed by atoms with Gasteiger partial charge in [-0.3, -0.25) is 4.21 Å². The van der Waals surface area contributed by atoms with Gasteiger partial charge in [-0.05, 0) is 18.6 Å². The summed E-state index contributed by atoms with van der Waals surface area (Å²) in [5, 5.41) is 5.63. The first-order chi connectivity index (χ1) is 11.2. The quantitative estimate of drug-likeness (QED) is 0.513. The Bertz CT molecular complexity index is 847. The Labute approximate surface area is 137 Å². The fourth-order valence-electron chi connectivity index (χ4n) is 2.25. The second-order valence-electron chi connectivity index (χ2n) is 5.10. The summed E-state index contributed by atoms with van der Waals surface area (Å²) in [5.74, 6) is 1.40. The van der Waals surface area contributed by atoms with Gasteiger partial charge in [0.15, 0.2) is 5.82 Å². The molecular formula is C16H18N4O2S. The second-order valence-corrected chi connectivity index (χ2v) is 6.37. The topological polar surface area (TPSA) is 69.9 Å². The van der Waals surface area contributed by atoms with Crippen molar-refractivity contribution in [3.63, 3.8) is 0 Å². The molecule has 120 valence electrons. The summed E-state index contributed by atoms with van der Waals surface area (Å²) in [6.45, 7) is 2.82. The van der Waals surface area contributed by atoms with E-state index in [1.165, 1.54) is 0 Å². The third kappa shape index (κ3) is 3.24. The molecule has 0 saturated carbocycles. The minimum atomic E-state index is -1.23. The van der Waals surface area contributed by atoms with Crippen LogP contribution in [0.5, 0.6) is 5.75 Å². The lowest BCUT2D eigenvalue weighted by Gasteiger charge is -2.07. The summed E-state index contributed by atoms with van der Waals surface area (Å²) in [4.78, 5) is 8.34. The average Bonchev–Trinajstić information content (AvgIpc) is 3.00. The third-order valence-electron chi connectivity index (χ3n) is 3.42. The van der Waals surface area contributed by atoms with E-state index in [9.17, 15) is 4.21 Å². The molecule has 0 spiro atoms. The minimum Gasteiger partial charge on any atom is -0.493 e. The van der Waals surface area contributed by atoms with E-state index < -0.39 is 10.8 Å². The number of unbranched alkanes of at least 4 members (excludes halogenated alkanes) is 1. The van der Waals surface area contributed by atoms with Crippen LogP contribution >= 0.6 is 0 Å². The summed E-state index contributed by atoms with van der Waals surface area (Å²) in [7, 11) is -1.23. The highest BCUT2D eigenvalue weighted by atomic mass is 32.2. The van der Waals surface area contributed by atoms with Crippen LogP contribution in [-0.2, 0) is 10.8 Å². The van der Waals surface area contributed by atoms with Gasteiger partial charge in [0.2, 0.25) is 5.16 Å². The molecule has 2 heterocycles. The zero-order valence-corrected chi connectivity index (χ0v) is 13.9. The van der Waals surface area contributed by atoms with Gasteiger partial charge in [-0.1, -0.05) is 19.4 Å². The smallest absolute Gasteiger partial charge is 0.220 e. The number of fused-ring (bicyclic) bond motifs is 1. The first-order valence-corrected chi connectivity index (χ1v) is 9.03. The normalized spacial score (nSPS) is 12.4. The van der Waals surface area contributed by atoms with Gasteiger partial charge in [0.1, 0.15) is 5.75 Å². The van der Waals surface area contributed by atoms with Crippen molar-refractivity contribution in [3.8, 4) is 11.6 Å². The SMILES string of the molecule is CCCCOc1cccc2c1cnn2-c1ccnc(S(C)=O)n1. The van der Waals surface area contributed by atoms with Gasteiger partial charge in [0, 0.05) is 18.5 Å². The highest BCUT2D eigenvalue weighted by Crippen LogP contribution is 2.27. The molecule has 0 radical (unpaired) electrons. The molecule has 23 heavy (non-hydrogen) atoms. The summed E-state index contributed by atoms with van der Waals surface area (Å²) >= 11 is 0. The monoisotopic (exact) mass is 330 g/mol. The Hall–Kier alpha value is -2.28. The number of hydrogen-bond donors (Lipinski definition) is 0. The zero-order valence-electron chi connectivity index (χ0n) is 13.1. The van der Waals surface area contributed by atoms with Gasteiger partial charge >= 0.3 is 0 Å². The van der Waals surface area contributed by atoms with E-state index in [0.29, 0.717) is 17.6 Å². The van der Waals surface area contributed by atoms with Gasteiger partial charge in [0.05, 0.1) is 34.5 Å². The maximum atomic E-state index is 11.6. The summed E-state index contributed by atoms with van der Waals surface area (Å²) in [6.07, 6.45) is 7.02. The van der Waals surface area contributed by atoms with Gasteiger partial charge in [-0.25, -0.2) is 14.6 Å². The number of benzene rings is 1.